The second-order valence-corrected chi connectivity index (χ2v) is 7.62. The lowest BCUT2D eigenvalue weighted by molar-refractivity contribution is -0.143. The highest BCUT2D eigenvalue weighted by molar-refractivity contribution is 5.95. The number of hydrogen-bond donors (Lipinski definition) is 1. The predicted octanol–water partition coefficient (Wildman–Crippen LogP) is 2.02. The van der Waals surface area contributed by atoms with Crippen molar-refractivity contribution in [1.82, 2.24) is 9.99 Å². The number of carboxylic acid groups (broad SMARTS) is 1. The Morgan fingerprint density at radius 1 is 1.35 bits per heavy atom. The Morgan fingerprint density at radius 3 is 2.54 bits per heavy atom. The Hall–Kier alpha value is -2.25. The number of likely N-dealkylation sites (N-methyl/N-ethyl adjacent to an activating group) is 1. The second kappa shape index (κ2) is 5.62. The molecule has 1 aliphatic carbocycles. The van der Waals surface area contributed by atoms with Gasteiger partial charge in [-0.15, -0.1) is 0 Å². The summed E-state index contributed by atoms with van der Waals surface area (Å²) in [4.78, 5) is 17.9. The van der Waals surface area contributed by atoms with E-state index in [9.17, 15) is 18.7 Å². The Labute approximate surface area is 150 Å². The van der Waals surface area contributed by atoms with E-state index in [0.717, 1.165) is 22.8 Å². The largest absolute Gasteiger partial charge is 0.480 e. The number of alkyl halides is 2. The average Bonchev–Trinajstić information content (AvgIpc) is 2.93. The number of anilines is 1. The zero-order valence-electron chi connectivity index (χ0n) is 15.0. The molecule has 6 nitrogen and oxygen atoms in total. The van der Waals surface area contributed by atoms with Gasteiger partial charge in [0.1, 0.15) is 5.82 Å². The molecule has 2 fully saturated rings. The van der Waals surface area contributed by atoms with Crippen LogP contribution in [0, 0.1) is 24.7 Å². The Bertz CT molecular complexity index is 783. The lowest BCUT2D eigenvalue weighted by Crippen LogP contribution is -2.37. The third-order valence-corrected chi connectivity index (χ3v) is 6.02. The molecule has 4 rings (SSSR count). The van der Waals surface area contributed by atoms with Crippen molar-refractivity contribution in [3.05, 3.63) is 23.4 Å². The van der Waals surface area contributed by atoms with Crippen LogP contribution in [-0.4, -0.2) is 58.9 Å². The van der Waals surface area contributed by atoms with Crippen LogP contribution in [0.5, 0.6) is 0 Å². The quantitative estimate of drug-likeness (QED) is 0.885. The maximum Gasteiger partial charge on any atom is 0.328 e. The minimum Gasteiger partial charge on any atom is -0.480 e. The molecule has 1 aromatic rings. The average molecular weight is 364 g/mol. The Morgan fingerprint density at radius 2 is 2.00 bits per heavy atom. The molecular weight excluding hydrogens is 342 g/mol. The highest BCUT2D eigenvalue weighted by Crippen LogP contribution is 2.59. The smallest absolute Gasteiger partial charge is 0.328 e. The number of pyridine rings is 1. The van der Waals surface area contributed by atoms with Gasteiger partial charge in [0.2, 0.25) is 0 Å². The van der Waals surface area contributed by atoms with Gasteiger partial charge in [-0.1, -0.05) is 13.0 Å². The number of carboxylic acids is 1. The van der Waals surface area contributed by atoms with Gasteiger partial charge in [-0.3, -0.25) is 5.01 Å². The maximum atomic E-state index is 13.4. The number of rotatable bonds is 4. The molecule has 3 aliphatic rings. The van der Waals surface area contributed by atoms with E-state index in [1.54, 1.807) is 7.05 Å². The number of hydrogen-bond acceptors (Lipinski definition) is 5. The van der Waals surface area contributed by atoms with Crippen LogP contribution in [0.3, 0.4) is 0 Å². The number of hydrazone groups is 1. The summed E-state index contributed by atoms with van der Waals surface area (Å²) in [6.07, 6.45) is 0.539. The van der Waals surface area contributed by atoms with Crippen molar-refractivity contribution in [3.8, 4) is 0 Å². The van der Waals surface area contributed by atoms with Gasteiger partial charge in [0, 0.05) is 43.9 Å². The monoisotopic (exact) mass is 364 g/mol. The molecule has 1 N–H and O–H groups in total. The molecule has 1 aromatic heterocycles. The van der Waals surface area contributed by atoms with E-state index < -0.39 is 29.8 Å². The fraction of sp³-hybridized carbons (Fsp3) is 0.611. The van der Waals surface area contributed by atoms with E-state index in [0.29, 0.717) is 19.5 Å². The minimum absolute atomic E-state index is 0.176. The summed E-state index contributed by atoms with van der Waals surface area (Å²) in [7, 11) is 1.67. The third-order valence-electron chi connectivity index (χ3n) is 6.02. The molecule has 8 heteroatoms. The van der Waals surface area contributed by atoms with Gasteiger partial charge in [0.15, 0.2) is 6.04 Å². The Balaban J connectivity index is 1.46. The molecule has 140 valence electrons. The van der Waals surface area contributed by atoms with E-state index in [4.69, 9.17) is 0 Å². The third kappa shape index (κ3) is 2.54. The van der Waals surface area contributed by atoms with Crippen molar-refractivity contribution in [2.24, 2.45) is 22.9 Å². The first-order chi connectivity index (χ1) is 12.2. The van der Waals surface area contributed by atoms with Crippen molar-refractivity contribution in [3.63, 3.8) is 0 Å². The minimum atomic E-state index is -2.49. The van der Waals surface area contributed by atoms with E-state index in [1.165, 1.54) is 5.01 Å². The molecule has 1 saturated carbocycles. The highest BCUT2D eigenvalue weighted by atomic mass is 19.3. The molecule has 0 aromatic carbocycles. The van der Waals surface area contributed by atoms with Gasteiger partial charge in [-0.2, -0.15) is 5.10 Å². The van der Waals surface area contributed by atoms with Crippen LogP contribution in [0.4, 0.5) is 14.6 Å². The molecule has 4 unspecified atom stereocenters. The lowest BCUT2D eigenvalue weighted by Gasteiger charge is -2.22. The van der Waals surface area contributed by atoms with Crippen LogP contribution in [0.25, 0.3) is 0 Å². The van der Waals surface area contributed by atoms with Crippen molar-refractivity contribution >= 4 is 17.5 Å². The van der Waals surface area contributed by atoms with Crippen molar-refractivity contribution in [1.29, 1.82) is 0 Å². The van der Waals surface area contributed by atoms with Crippen LogP contribution in [0.15, 0.2) is 17.2 Å². The van der Waals surface area contributed by atoms with E-state index in [2.05, 4.69) is 10.1 Å². The summed E-state index contributed by atoms with van der Waals surface area (Å²) in [5, 5.41) is 15.2. The molecule has 1 saturated heterocycles. The van der Waals surface area contributed by atoms with E-state index >= 15 is 0 Å². The first kappa shape index (κ1) is 17.2. The van der Waals surface area contributed by atoms with E-state index in [-0.39, 0.29) is 5.92 Å². The summed E-state index contributed by atoms with van der Waals surface area (Å²) in [6, 6.07) is 3.17. The molecule has 2 aliphatic heterocycles. The summed E-state index contributed by atoms with van der Waals surface area (Å²) in [5.41, 5.74) is 2.62. The second-order valence-electron chi connectivity index (χ2n) is 7.62. The summed E-state index contributed by atoms with van der Waals surface area (Å²) < 4.78 is 26.7. The zero-order chi connectivity index (χ0) is 18.8. The number of fused-ring (bicyclic) bond motifs is 1. The lowest BCUT2D eigenvalue weighted by atomic mass is 9.93. The van der Waals surface area contributed by atoms with Crippen LogP contribution in [0.1, 0.15) is 18.2 Å². The fourth-order valence-corrected chi connectivity index (χ4v) is 4.26. The zero-order valence-corrected chi connectivity index (χ0v) is 15.0. The molecule has 0 amide bonds. The topological polar surface area (TPSA) is 69.0 Å². The number of aliphatic carboxylic acids is 1. The van der Waals surface area contributed by atoms with E-state index in [1.807, 2.05) is 30.9 Å². The molecule has 26 heavy (non-hydrogen) atoms. The van der Waals surface area contributed by atoms with Gasteiger partial charge in [0.05, 0.1) is 11.8 Å². The van der Waals surface area contributed by atoms with Gasteiger partial charge >= 0.3 is 5.97 Å². The van der Waals surface area contributed by atoms with Crippen molar-refractivity contribution in [2.45, 2.75) is 32.2 Å². The molecule has 0 radical (unpaired) electrons. The number of nitrogens with zero attached hydrogens (tertiary/aromatic N) is 4. The predicted molar refractivity (Wildman–Crippen MR) is 92.6 cm³/mol. The van der Waals surface area contributed by atoms with Crippen LogP contribution < -0.4 is 4.90 Å². The first-order valence-electron chi connectivity index (χ1n) is 8.82. The summed E-state index contributed by atoms with van der Waals surface area (Å²) >= 11 is 0. The molecule has 0 spiro atoms. The van der Waals surface area contributed by atoms with Gasteiger partial charge in [-0.25, -0.2) is 18.6 Å². The number of aryl methyl sites for hydroxylation is 1. The van der Waals surface area contributed by atoms with Gasteiger partial charge < -0.3 is 10.0 Å². The van der Waals surface area contributed by atoms with Gasteiger partial charge in [-0.05, 0) is 18.6 Å². The number of carbonyl (C=O) groups is 1. The fourth-order valence-electron chi connectivity index (χ4n) is 4.26. The number of piperidine rings is 1. The first-order valence-corrected chi connectivity index (χ1v) is 8.82. The van der Waals surface area contributed by atoms with Gasteiger partial charge in [0.25, 0.3) is 5.92 Å². The number of halogens is 2. The highest BCUT2D eigenvalue weighted by Gasteiger charge is 2.71. The summed E-state index contributed by atoms with van der Waals surface area (Å²) in [6.45, 7) is 4.48. The van der Waals surface area contributed by atoms with Crippen LogP contribution in [0.2, 0.25) is 0 Å². The molecule has 4 atom stereocenters. The van der Waals surface area contributed by atoms with Crippen molar-refractivity contribution in [2.75, 3.05) is 25.0 Å². The number of aromatic nitrogens is 1. The molecule has 0 bridgehead atoms. The normalized spacial score (nSPS) is 31.8. The standard InChI is InChI=1S/C18H22F2N4O2/c1-9-14(22-23(3)16(9)17(25)26)6-11-4-5-15(21-10(11)2)24-7-12-13(8-24)18(12,19)20/h4-5,9,12-13,16H,6-8H2,1-3H3,(H,25,26). The SMILES string of the molecule is Cc1nc(N2CC3C(C2)C3(F)F)ccc1CC1=NN(C)C(C(=O)O)C1C. The van der Waals surface area contributed by atoms with Crippen LogP contribution >= 0.6 is 0 Å². The Kier molecular flexibility index (Phi) is 3.71. The molecular formula is C18H22F2N4O2. The molecule has 3 heterocycles. The maximum absolute atomic E-state index is 13.4. The summed E-state index contributed by atoms with van der Waals surface area (Å²) in [5.74, 6) is -3.87. The van der Waals surface area contributed by atoms with Crippen molar-refractivity contribution < 1.29 is 18.7 Å². The van der Waals surface area contributed by atoms with Crippen LogP contribution in [-0.2, 0) is 11.2 Å².